The highest BCUT2D eigenvalue weighted by Gasteiger charge is 2.19. The maximum atomic E-state index is 5.07. The van der Waals surface area contributed by atoms with E-state index < -0.39 is 0 Å². The maximum Gasteiger partial charge on any atom is 0.140 e. The summed E-state index contributed by atoms with van der Waals surface area (Å²) in [5.41, 5.74) is 11.5. The van der Waals surface area contributed by atoms with Crippen LogP contribution >= 0.6 is 0 Å². The first-order valence-corrected chi connectivity index (χ1v) is 16.0. The van der Waals surface area contributed by atoms with Crippen LogP contribution in [0.5, 0.6) is 0 Å². The third-order valence-corrected chi connectivity index (χ3v) is 9.78. The molecule has 0 bridgehead atoms. The lowest BCUT2D eigenvalue weighted by molar-refractivity contribution is 0.959. The number of benzene rings is 7. The second-order valence-electron chi connectivity index (χ2n) is 12.4. The van der Waals surface area contributed by atoms with Crippen LogP contribution in [0, 0.1) is 0 Å². The van der Waals surface area contributed by atoms with Gasteiger partial charge in [-0.3, -0.25) is 4.98 Å². The number of aryl methyl sites for hydroxylation is 1. The van der Waals surface area contributed by atoms with Gasteiger partial charge < -0.3 is 9.13 Å². The van der Waals surface area contributed by atoms with E-state index in [1.165, 1.54) is 60.2 Å². The van der Waals surface area contributed by atoms with Gasteiger partial charge in [-0.2, -0.15) is 0 Å². The van der Waals surface area contributed by atoms with E-state index in [1.807, 2.05) is 12.3 Å². The standard InChI is InChI=1S/C43H28N4/c1-46-38-21-17-32(33-9-5-23-44-26-33)25-37(38)45-43(46)30-13-11-28(12-14-30)35-20-22-40-42-36(35)19-16-29-8-4-10-39(41(29)42)47(40)34-18-15-27-6-2-3-7-31(27)24-34/h2-26H,1H3. The molecule has 10 rings (SSSR count). The molecule has 0 amide bonds. The minimum absolute atomic E-state index is 0.953. The summed E-state index contributed by atoms with van der Waals surface area (Å²) in [7, 11) is 2.09. The molecular weight excluding hydrogens is 573 g/mol. The zero-order chi connectivity index (χ0) is 31.1. The van der Waals surface area contributed by atoms with Crippen molar-refractivity contribution in [3.8, 4) is 39.3 Å². The van der Waals surface area contributed by atoms with Gasteiger partial charge in [-0.15, -0.1) is 0 Å². The van der Waals surface area contributed by atoms with Crippen LogP contribution < -0.4 is 0 Å². The highest BCUT2D eigenvalue weighted by molar-refractivity contribution is 6.26. The van der Waals surface area contributed by atoms with Crippen LogP contribution in [-0.4, -0.2) is 19.1 Å². The van der Waals surface area contributed by atoms with Crippen molar-refractivity contribution in [2.45, 2.75) is 0 Å². The molecule has 0 aliphatic rings. The summed E-state index contributed by atoms with van der Waals surface area (Å²) >= 11 is 0. The van der Waals surface area contributed by atoms with Gasteiger partial charge in [-0.25, -0.2) is 4.98 Å². The van der Waals surface area contributed by atoms with Crippen LogP contribution in [0.25, 0.3) is 93.7 Å². The van der Waals surface area contributed by atoms with Crippen LogP contribution in [0.15, 0.2) is 152 Å². The first-order valence-electron chi connectivity index (χ1n) is 16.0. The van der Waals surface area contributed by atoms with Gasteiger partial charge in [0.05, 0.1) is 22.1 Å². The summed E-state index contributed by atoms with van der Waals surface area (Å²) in [5.74, 6) is 0.953. The van der Waals surface area contributed by atoms with E-state index in [9.17, 15) is 0 Å². The van der Waals surface area contributed by atoms with Crippen molar-refractivity contribution in [2.24, 2.45) is 7.05 Å². The van der Waals surface area contributed by atoms with Crippen LogP contribution in [0.2, 0.25) is 0 Å². The smallest absolute Gasteiger partial charge is 0.140 e. The van der Waals surface area contributed by atoms with Crippen molar-refractivity contribution < 1.29 is 0 Å². The summed E-state index contributed by atoms with van der Waals surface area (Å²) in [5, 5.41) is 7.66. The topological polar surface area (TPSA) is 35.6 Å². The summed E-state index contributed by atoms with van der Waals surface area (Å²) in [6, 6.07) is 50.5. The third-order valence-electron chi connectivity index (χ3n) is 9.78. The molecule has 0 aliphatic carbocycles. The number of rotatable bonds is 4. The van der Waals surface area contributed by atoms with Gasteiger partial charge in [-0.1, -0.05) is 97.1 Å². The van der Waals surface area contributed by atoms with Crippen molar-refractivity contribution in [2.75, 3.05) is 0 Å². The fourth-order valence-corrected chi connectivity index (χ4v) is 7.50. The quantitative estimate of drug-likeness (QED) is 0.188. The average molecular weight is 601 g/mol. The highest BCUT2D eigenvalue weighted by Crippen LogP contribution is 2.43. The fourth-order valence-electron chi connectivity index (χ4n) is 7.50. The predicted octanol–water partition coefficient (Wildman–Crippen LogP) is 10.8. The van der Waals surface area contributed by atoms with Crippen LogP contribution in [0.3, 0.4) is 0 Å². The summed E-state index contributed by atoms with van der Waals surface area (Å²) < 4.78 is 4.61. The molecular formula is C43H28N4. The molecule has 3 aromatic heterocycles. The Hall–Kier alpha value is -6.26. The molecule has 47 heavy (non-hydrogen) atoms. The summed E-state index contributed by atoms with van der Waals surface area (Å²) in [6.45, 7) is 0. The van der Waals surface area contributed by atoms with Gasteiger partial charge in [0.25, 0.3) is 0 Å². The van der Waals surface area contributed by atoms with Crippen molar-refractivity contribution >= 4 is 54.4 Å². The molecule has 0 spiro atoms. The van der Waals surface area contributed by atoms with Gasteiger partial charge in [0, 0.05) is 47.0 Å². The number of hydrogen-bond acceptors (Lipinski definition) is 2. The van der Waals surface area contributed by atoms with E-state index in [1.54, 1.807) is 6.20 Å². The number of imidazole rings is 1. The van der Waals surface area contributed by atoms with Crippen LogP contribution in [-0.2, 0) is 7.05 Å². The Morgan fingerprint density at radius 2 is 1.28 bits per heavy atom. The van der Waals surface area contributed by atoms with E-state index in [0.29, 0.717) is 0 Å². The number of hydrogen-bond donors (Lipinski definition) is 0. The van der Waals surface area contributed by atoms with E-state index in [0.717, 1.165) is 33.5 Å². The Morgan fingerprint density at radius 3 is 2.15 bits per heavy atom. The van der Waals surface area contributed by atoms with Crippen molar-refractivity contribution in [1.29, 1.82) is 0 Å². The Morgan fingerprint density at radius 1 is 0.511 bits per heavy atom. The minimum Gasteiger partial charge on any atom is -0.327 e. The Kier molecular flexibility index (Phi) is 5.46. The average Bonchev–Trinajstić information content (AvgIpc) is 3.66. The number of aromatic nitrogens is 4. The summed E-state index contributed by atoms with van der Waals surface area (Å²) in [6.07, 6.45) is 3.70. The number of nitrogens with zero attached hydrogens (tertiary/aromatic N) is 4. The molecule has 0 unspecified atom stereocenters. The molecule has 0 fully saturated rings. The molecule has 0 aliphatic heterocycles. The summed E-state index contributed by atoms with van der Waals surface area (Å²) in [4.78, 5) is 9.35. The highest BCUT2D eigenvalue weighted by atomic mass is 15.1. The molecule has 3 heterocycles. The molecule has 7 aromatic carbocycles. The molecule has 4 nitrogen and oxygen atoms in total. The third kappa shape index (κ3) is 3.88. The van der Waals surface area contributed by atoms with Gasteiger partial charge in [-0.05, 0) is 80.7 Å². The molecule has 0 radical (unpaired) electrons. The first kappa shape index (κ1) is 26.0. The molecule has 0 N–H and O–H groups in total. The van der Waals surface area contributed by atoms with Crippen LogP contribution in [0.1, 0.15) is 0 Å². The molecule has 220 valence electrons. The zero-order valence-corrected chi connectivity index (χ0v) is 25.7. The maximum absolute atomic E-state index is 5.07. The van der Waals surface area contributed by atoms with Gasteiger partial charge in [0.1, 0.15) is 5.82 Å². The fraction of sp³-hybridized carbons (Fsp3) is 0.0233. The normalized spacial score (nSPS) is 11.9. The molecule has 0 atom stereocenters. The van der Waals surface area contributed by atoms with Gasteiger partial charge >= 0.3 is 0 Å². The van der Waals surface area contributed by atoms with Gasteiger partial charge in [0.15, 0.2) is 0 Å². The number of pyridine rings is 1. The second-order valence-corrected chi connectivity index (χ2v) is 12.4. The van der Waals surface area contributed by atoms with E-state index in [2.05, 4.69) is 155 Å². The molecule has 4 heteroatoms. The molecule has 10 aromatic rings. The largest absolute Gasteiger partial charge is 0.327 e. The molecule has 0 saturated heterocycles. The second kappa shape index (κ2) is 9.87. The lowest BCUT2D eigenvalue weighted by Gasteiger charge is -2.11. The van der Waals surface area contributed by atoms with E-state index >= 15 is 0 Å². The van der Waals surface area contributed by atoms with Crippen molar-refractivity contribution in [3.63, 3.8) is 0 Å². The Labute approximate surface area is 271 Å². The lowest BCUT2D eigenvalue weighted by Crippen LogP contribution is -1.94. The zero-order valence-electron chi connectivity index (χ0n) is 25.7. The lowest BCUT2D eigenvalue weighted by atomic mass is 9.94. The molecule has 0 saturated carbocycles. The van der Waals surface area contributed by atoms with E-state index in [4.69, 9.17) is 4.98 Å². The monoisotopic (exact) mass is 600 g/mol. The SMILES string of the molecule is Cn1c(-c2ccc(-c3ccc4c5c3ccc3cccc(c35)n4-c3ccc4ccccc4c3)cc2)nc2cc(-c3cccnc3)ccc21. The first-order chi connectivity index (χ1) is 23.2. The van der Waals surface area contributed by atoms with Crippen molar-refractivity contribution in [3.05, 3.63) is 152 Å². The predicted molar refractivity (Wildman–Crippen MR) is 195 cm³/mol. The minimum atomic E-state index is 0.953. The Bertz CT molecular complexity index is 2790. The Balaban J connectivity index is 1.09. The van der Waals surface area contributed by atoms with Gasteiger partial charge in [0.2, 0.25) is 0 Å². The van der Waals surface area contributed by atoms with E-state index in [-0.39, 0.29) is 0 Å². The van der Waals surface area contributed by atoms with Crippen LogP contribution in [0.4, 0.5) is 0 Å². The van der Waals surface area contributed by atoms with Crippen molar-refractivity contribution in [1.82, 2.24) is 19.1 Å². The number of fused-ring (bicyclic) bond motifs is 2.